The van der Waals surface area contributed by atoms with Crippen LogP contribution in [0.2, 0.25) is 0 Å². The van der Waals surface area contributed by atoms with E-state index in [0.29, 0.717) is 12.8 Å². The van der Waals surface area contributed by atoms with Crippen LogP contribution in [0.25, 0.3) is 0 Å². The van der Waals surface area contributed by atoms with Crippen LogP contribution < -0.4 is 0 Å². The molecule has 1 N–H and O–H groups in total. The summed E-state index contributed by atoms with van der Waals surface area (Å²) in [7, 11) is -4.43. The second-order valence-electron chi connectivity index (χ2n) is 3.45. The van der Waals surface area contributed by atoms with E-state index in [1.165, 1.54) is 0 Å². The second kappa shape index (κ2) is 5.36. The SMILES string of the molecule is O=S(=O)(O)C(Cl)(Cl)CCCc1ccccc1. The van der Waals surface area contributed by atoms with E-state index in [1.54, 1.807) is 0 Å². The van der Waals surface area contributed by atoms with E-state index in [9.17, 15) is 8.42 Å². The second-order valence-corrected chi connectivity index (χ2v) is 7.03. The Morgan fingerprint density at radius 1 is 1.19 bits per heavy atom. The lowest BCUT2D eigenvalue weighted by atomic mass is 10.1. The third kappa shape index (κ3) is 3.94. The molecule has 90 valence electrons. The molecular formula is C10H12Cl2O3S. The van der Waals surface area contributed by atoms with E-state index in [4.69, 9.17) is 27.8 Å². The lowest BCUT2D eigenvalue weighted by Gasteiger charge is -2.15. The zero-order valence-electron chi connectivity index (χ0n) is 8.44. The van der Waals surface area contributed by atoms with Gasteiger partial charge in [-0.1, -0.05) is 53.5 Å². The fourth-order valence-corrected chi connectivity index (χ4v) is 1.94. The quantitative estimate of drug-likeness (QED) is 0.667. The predicted octanol–water partition coefficient (Wildman–Crippen LogP) is 3.03. The summed E-state index contributed by atoms with van der Waals surface area (Å²) in [6.07, 6.45) is 1.14. The van der Waals surface area contributed by atoms with Gasteiger partial charge in [0.15, 0.2) is 0 Å². The molecule has 0 aliphatic heterocycles. The molecule has 0 saturated carbocycles. The van der Waals surface area contributed by atoms with E-state index in [1.807, 2.05) is 30.3 Å². The summed E-state index contributed by atoms with van der Waals surface area (Å²) < 4.78 is 28.2. The summed E-state index contributed by atoms with van der Waals surface area (Å²) >= 11 is 11.0. The van der Waals surface area contributed by atoms with Gasteiger partial charge in [-0.25, -0.2) is 0 Å². The van der Waals surface area contributed by atoms with Gasteiger partial charge in [-0.3, -0.25) is 4.55 Å². The van der Waals surface area contributed by atoms with Gasteiger partial charge in [0, 0.05) is 0 Å². The molecule has 0 aromatic heterocycles. The van der Waals surface area contributed by atoms with Gasteiger partial charge in [0.25, 0.3) is 10.1 Å². The Kier molecular flexibility index (Phi) is 4.62. The number of rotatable bonds is 5. The topological polar surface area (TPSA) is 54.4 Å². The molecule has 0 fully saturated rings. The van der Waals surface area contributed by atoms with Crippen molar-refractivity contribution in [1.29, 1.82) is 0 Å². The van der Waals surface area contributed by atoms with Gasteiger partial charge >= 0.3 is 0 Å². The molecule has 0 bridgehead atoms. The van der Waals surface area contributed by atoms with Crippen LogP contribution in [0.4, 0.5) is 0 Å². The average Bonchev–Trinajstić information content (AvgIpc) is 2.17. The fraction of sp³-hybridized carbons (Fsp3) is 0.400. The minimum absolute atomic E-state index is 0.0101. The highest BCUT2D eigenvalue weighted by atomic mass is 35.5. The standard InChI is InChI=1S/C10H12Cl2O3S/c11-10(12,16(13,14)15)8-4-7-9-5-2-1-3-6-9/h1-3,5-6H,4,7-8H2,(H,13,14,15). The van der Waals surface area contributed by atoms with Crippen molar-refractivity contribution in [3.05, 3.63) is 35.9 Å². The Bertz CT molecular complexity index is 429. The average molecular weight is 283 g/mol. The lowest BCUT2D eigenvalue weighted by molar-refractivity contribution is 0.469. The van der Waals surface area contributed by atoms with Crippen LogP contribution in [0, 0.1) is 0 Å². The van der Waals surface area contributed by atoms with E-state index >= 15 is 0 Å². The van der Waals surface area contributed by atoms with Crippen molar-refractivity contribution in [3.63, 3.8) is 0 Å². The first-order valence-corrected chi connectivity index (χ1v) is 6.91. The van der Waals surface area contributed by atoms with Gasteiger partial charge in [-0.2, -0.15) is 8.42 Å². The van der Waals surface area contributed by atoms with Crippen molar-refractivity contribution in [1.82, 2.24) is 0 Å². The van der Waals surface area contributed by atoms with Gasteiger partial charge in [-0.15, -0.1) is 0 Å². The van der Waals surface area contributed by atoms with E-state index in [-0.39, 0.29) is 6.42 Å². The highest BCUT2D eigenvalue weighted by Gasteiger charge is 2.37. The van der Waals surface area contributed by atoms with Crippen LogP contribution in [0.1, 0.15) is 18.4 Å². The molecule has 0 amide bonds. The van der Waals surface area contributed by atoms with Crippen LogP contribution in [0.3, 0.4) is 0 Å². The third-order valence-electron chi connectivity index (χ3n) is 2.15. The van der Waals surface area contributed by atoms with Crippen molar-refractivity contribution in [2.75, 3.05) is 0 Å². The van der Waals surface area contributed by atoms with Crippen molar-refractivity contribution < 1.29 is 13.0 Å². The number of hydrogen-bond donors (Lipinski definition) is 1. The Balaban J connectivity index is 2.48. The van der Waals surface area contributed by atoms with Crippen LogP contribution in [-0.2, 0) is 16.5 Å². The molecule has 0 radical (unpaired) electrons. The maximum Gasteiger partial charge on any atom is 0.299 e. The first kappa shape index (κ1) is 13.8. The largest absolute Gasteiger partial charge is 0.299 e. The van der Waals surface area contributed by atoms with Crippen LogP contribution in [0.15, 0.2) is 30.3 Å². The Hall–Kier alpha value is -0.290. The molecular weight excluding hydrogens is 271 g/mol. The Morgan fingerprint density at radius 3 is 2.25 bits per heavy atom. The van der Waals surface area contributed by atoms with Gasteiger partial charge in [0.05, 0.1) is 0 Å². The molecule has 16 heavy (non-hydrogen) atoms. The monoisotopic (exact) mass is 282 g/mol. The molecule has 3 nitrogen and oxygen atoms in total. The van der Waals surface area contributed by atoms with E-state index in [0.717, 1.165) is 5.56 Å². The molecule has 0 unspecified atom stereocenters. The molecule has 1 aromatic rings. The zero-order valence-corrected chi connectivity index (χ0v) is 10.8. The predicted molar refractivity (Wildman–Crippen MR) is 65.4 cm³/mol. The number of halogens is 2. The minimum Gasteiger partial charge on any atom is -0.283 e. The van der Waals surface area contributed by atoms with Gasteiger partial charge < -0.3 is 0 Å². The molecule has 0 heterocycles. The van der Waals surface area contributed by atoms with Crippen molar-refractivity contribution >= 4 is 33.3 Å². The first-order chi connectivity index (χ1) is 7.33. The van der Waals surface area contributed by atoms with E-state index in [2.05, 4.69) is 0 Å². The first-order valence-electron chi connectivity index (χ1n) is 4.72. The third-order valence-corrected chi connectivity index (χ3v) is 4.66. The normalized spacial score (nSPS) is 12.7. The lowest BCUT2D eigenvalue weighted by Crippen LogP contribution is -2.25. The number of hydrogen-bond acceptors (Lipinski definition) is 2. The molecule has 0 spiro atoms. The summed E-state index contributed by atoms with van der Waals surface area (Å²) in [6, 6.07) is 9.55. The summed E-state index contributed by atoms with van der Waals surface area (Å²) in [5, 5.41) is 0. The fourth-order valence-electron chi connectivity index (χ4n) is 1.27. The Morgan fingerprint density at radius 2 is 1.75 bits per heavy atom. The highest BCUT2D eigenvalue weighted by Crippen LogP contribution is 2.32. The summed E-state index contributed by atoms with van der Waals surface area (Å²) in [4.78, 5) is 0. The number of alkyl halides is 2. The molecule has 0 aliphatic carbocycles. The molecule has 1 rings (SSSR count). The molecule has 0 aliphatic rings. The number of benzene rings is 1. The van der Waals surface area contributed by atoms with Gasteiger partial charge in [0.2, 0.25) is 3.67 Å². The maximum atomic E-state index is 10.8. The molecule has 6 heteroatoms. The number of aryl methyl sites for hydroxylation is 1. The molecule has 1 aromatic carbocycles. The Labute approximate surface area is 105 Å². The van der Waals surface area contributed by atoms with Gasteiger partial charge in [-0.05, 0) is 24.8 Å². The van der Waals surface area contributed by atoms with Crippen LogP contribution in [-0.4, -0.2) is 16.6 Å². The molecule has 0 atom stereocenters. The van der Waals surface area contributed by atoms with Crippen LogP contribution >= 0.6 is 23.2 Å². The summed E-state index contributed by atoms with van der Waals surface area (Å²) in [5.74, 6) is 0. The van der Waals surface area contributed by atoms with E-state index < -0.39 is 13.8 Å². The van der Waals surface area contributed by atoms with Gasteiger partial charge in [0.1, 0.15) is 0 Å². The van der Waals surface area contributed by atoms with Crippen molar-refractivity contribution in [3.8, 4) is 0 Å². The summed E-state index contributed by atoms with van der Waals surface area (Å²) in [5.41, 5.74) is 1.07. The smallest absolute Gasteiger partial charge is 0.283 e. The summed E-state index contributed by atoms with van der Waals surface area (Å²) in [6.45, 7) is 0. The maximum absolute atomic E-state index is 10.8. The van der Waals surface area contributed by atoms with Crippen molar-refractivity contribution in [2.45, 2.75) is 22.9 Å². The van der Waals surface area contributed by atoms with Crippen molar-refractivity contribution in [2.24, 2.45) is 0 Å². The highest BCUT2D eigenvalue weighted by molar-refractivity contribution is 7.90. The van der Waals surface area contributed by atoms with Crippen LogP contribution in [0.5, 0.6) is 0 Å². The molecule has 0 saturated heterocycles. The minimum atomic E-state index is -4.43. The zero-order chi connectivity index (χ0) is 12.2.